The average molecular weight is 405 g/mol. The predicted octanol–water partition coefficient (Wildman–Crippen LogP) is 4.46. The molecule has 8 heteroatoms. The third-order valence-electron chi connectivity index (χ3n) is 3.75. The molecule has 0 spiro atoms. The van der Waals surface area contributed by atoms with E-state index in [1.54, 1.807) is 18.2 Å². The molecule has 3 amide bonds. The van der Waals surface area contributed by atoms with Gasteiger partial charge in [-0.05, 0) is 54.6 Å². The summed E-state index contributed by atoms with van der Waals surface area (Å²) in [6, 6.07) is 11.3. The van der Waals surface area contributed by atoms with Gasteiger partial charge < -0.3 is 5.32 Å². The van der Waals surface area contributed by atoms with Crippen molar-refractivity contribution in [1.29, 1.82) is 0 Å². The van der Waals surface area contributed by atoms with Crippen LogP contribution in [0, 0.1) is 12.7 Å². The Labute approximate surface area is 164 Å². The Hall–Kier alpha value is -2.64. The second-order valence-corrected chi connectivity index (χ2v) is 7.22. The summed E-state index contributed by atoms with van der Waals surface area (Å²) < 4.78 is 13.9. The first-order valence-corrected chi connectivity index (χ1v) is 9.10. The number of aryl methyl sites for hydroxylation is 1. The number of thioether (sulfide) groups is 1. The molecule has 0 unspecified atom stereocenters. The van der Waals surface area contributed by atoms with E-state index in [0.29, 0.717) is 17.4 Å². The molecule has 0 radical (unpaired) electrons. The molecule has 1 aliphatic rings. The molecule has 0 saturated carbocycles. The summed E-state index contributed by atoms with van der Waals surface area (Å²) in [5.41, 5.74) is 1.55. The van der Waals surface area contributed by atoms with Gasteiger partial charge in [0, 0.05) is 11.3 Å². The number of amides is 3. The highest BCUT2D eigenvalue weighted by atomic mass is 35.5. The number of carbonyl (C=O) groups is 3. The fourth-order valence-corrected chi connectivity index (χ4v) is 3.52. The van der Waals surface area contributed by atoms with E-state index < -0.39 is 29.4 Å². The van der Waals surface area contributed by atoms with Crippen molar-refractivity contribution < 1.29 is 18.8 Å². The number of imide groups is 1. The number of hydrogen-bond donors (Lipinski definition) is 1. The fourth-order valence-electron chi connectivity index (χ4n) is 2.48. The molecule has 1 fully saturated rings. The summed E-state index contributed by atoms with van der Waals surface area (Å²) in [6.45, 7) is 1.45. The monoisotopic (exact) mass is 404 g/mol. The Morgan fingerprint density at radius 1 is 1.26 bits per heavy atom. The van der Waals surface area contributed by atoms with Crippen molar-refractivity contribution in [3.8, 4) is 0 Å². The van der Waals surface area contributed by atoms with Crippen LogP contribution in [0.5, 0.6) is 0 Å². The number of nitrogens with one attached hydrogen (secondary N) is 1. The van der Waals surface area contributed by atoms with Gasteiger partial charge in [0.1, 0.15) is 12.4 Å². The van der Waals surface area contributed by atoms with Crippen LogP contribution in [0.2, 0.25) is 5.02 Å². The van der Waals surface area contributed by atoms with Gasteiger partial charge in [0.15, 0.2) is 0 Å². The number of carbonyl (C=O) groups excluding carboxylic acids is 3. The molecule has 2 aromatic rings. The van der Waals surface area contributed by atoms with Gasteiger partial charge in [-0.3, -0.25) is 19.3 Å². The third kappa shape index (κ3) is 4.37. The van der Waals surface area contributed by atoms with Crippen molar-refractivity contribution in [2.75, 3.05) is 11.9 Å². The first kappa shape index (κ1) is 19.1. The third-order valence-corrected chi connectivity index (χ3v) is 4.99. The number of hydrogen-bond acceptors (Lipinski definition) is 4. The lowest BCUT2D eigenvalue weighted by atomic mass is 10.2. The maximum atomic E-state index is 13.9. The zero-order valence-electron chi connectivity index (χ0n) is 14.2. The lowest BCUT2D eigenvalue weighted by molar-refractivity contribution is -0.127. The van der Waals surface area contributed by atoms with Crippen molar-refractivity contribution >= 4 is 52.2 Å². The molecular weight excluding hydrogens is 391 g/mol. The molecule has 27 heavy (non-hydrogen) atoms. The maximum absolute atomic E-state index is 13.9. The molecule has 0 aromatic heterocycles. The van der Waals surface area contributed by atoms with Gasteiger partial charge >= 0.3 is 0 Å². The molecule has 5 nitrogen and oxygen atoms in total. The smallest absolute Gasteiger partial charge is 0.294 e. The van der Waals surface area contributed by atoms with E-state index in [9.17, 15) is 18.8 Å². The van der Waals surface area contributed by atoms with Crippen LogP contribution >= 0.6 is 23.4 Å². The summed E-state index contributed by atoms with van der Waals surface area (Å²) in [5, 5.41) is 2.16. The average Bonchev–Trinajstić information content (AvgIpc) is 2.86. The van der Waals surface area contributed by atoms with Gasteiger partial charge in [0.05, 0.1) is 9.93 Å². The van der Waals surface area contributed by atoms with E-state index in [-0.39, 0.29) is 15.5 Å². The summed E-state index contributed by atoms with van der Waals surface area (Å²) in [5.74, 6) is -1.77. The lowest BCUT2D eigenvalue weighted by Crippen LogP contribution is -2.36. The molecular formula is C19H14ClFN2O3S. The zero-order valence-corrected chi connectivity index (χ0v) is 15.7. The Balaban J connectivity index is 1.74. The molecule has 0 aliphatic carbocycles. The first-order chi connectivity index (χ1) is 12.8. The number of anilines is 1. The number of halogens is 2. The fraction of sp³-hybridized carbons (Fsp3) is 0.105. The minimum absolute atomic E-state index is 0.00959. The van der Waals surface area contributed by atoms with E-state index in [2.05, 4.69) is 5.32 Å². The van der Waals surface area contributed by atoms with E-state index in [1.807, 2.05) is 13.0 Å². The molecule has 2 aromatic carbocycles. The van der Waals surface area contributed by atoms with E-state index in [4.69, 9.17) is 11.6 Å². The molecule has 1 N–H and O–H groups in total. The quantitative estimate of drug-likeness (QED) is 0.764. The molecule has 138 valence electrons. The summed E-state index contributed by atoms with van der Waals surface area (Å²) in [6.07, 6.45) is 1.22. The Morgan fingerprint density at radius 3 is 2.70 bits per heavy atom. The van der Waals surface area contributed by atoms with Crippen LogP contribution in [0.25, 0.3) is 6.08 Å². The van der Waals surface area contributed by atoms with Gasteiger partial charge in [0.25, 0.3) is 11.1 Å². The minimum atomic E-state index is -0.663. The summed E-state index contributed by atoms with van der Waals surface area (Å²) >= 11 is 6.59. The van der Waals surface area contributed by atoms with Crippen LogP contribution in [0.15, 0.2) is 47.4 Å². The van der Waals surface area contributed by atoms with Crippen molar-refractivity contribution in [1.82, 2.24) is 4.90 Å². The lowest BCUT2D eigenvalue weighted by Gasteiger charge is -2.12. The standard InChI is InChI=1S/C19H14ClFN2O3S/c1-11-4-2-5-12(8-11)22-17(24)10-23-18(25)16(27-19(23)26)9-13-14(20)6-3-7-15(13)21/h2-9H,10H2,1H3,(H,22,24). The number of nitrogens with zero attached hydrogens (tertiary/aromatic N) is 1. The van der Waals surface area contributed by atoms with Crippen LogP contribution in [0.4, 0.5) is 14.9 Å². The highest BCUT2D eigenvalue weighted by Gasteiger charge is 2.36. The van der Waals surface area contributed by atoms with Crippen LogP contribution in [-0.2, 0) is 9.59 Å². The van der Waals surface area contributed by atoms with Crippen molar-refractivity contribution in [3.63, 3.8) is 0 Å². The van der Waals surface area contributed by atoms with Gasteiger partial charge in [-0.1, -0.05) is 29.8 Å². The van der Waals surface area contributed by atoms with Gasteiger partial charge in [-0.2, -0.15) is 0 Å². The van der Waals surface area contributed by atoms with Gasteiger partial charge in [-0.15, -0.1) is 0 Å². The molecule has 1 saturated heterocycles. The Bertz CT molecular complexity index is 957. The van der Waals surface area contributed by atoms with Crippen molar-refractivity contribution in [3.05, 3.63) is 69.3 Å². The normalized spacial score (nSPS) is 15.5. The summed E-state index contributed by atoms with van der Waals surface area (Å²) in [4.78, 5) is 37.6. The molecule has 1 heterocycles. The van der Waals surface area contributed by atoms with Crippen LogP contribution in [-0.4, -0.2) is 28.5 Å². The van der Waals surface area contributed by atoms with E-state index in [1.165, 1.54) is 24.3 Å². The predicted molar refractivity (Wildman–Crippen MR) is 104 cm³/mol. The van der Waals surface area contributed by atoms with Crippen molar-refractivity contribution in [2.24, 2.45) is 0 Å². The van der Waals surface area contributed by atoms with Crippen LogP contribution in [0.3, 0.4) is 0 Å². The SMILES string of the molecule is Cc1cccc(NC(=O)CN2C(=O)SC(=Cc3c(F)cccc3Cl)C2=O)c1. The Kier molecular flexibility index (Phi) is 5.62. The number of benzene rings is 2. The largest absolute Gasteiger partial charge is 0.325 e. The van der Waals surface area contributed by atoms with E-state index in [0.717, 1.165) is 10.5 Å². The highest BCUT2D eigenvalue weighted by molar-refractivity contribution is 8.18. The van der Waals surface area contributed by atoms with Crippen LogP contribution in [0.1, 0.15) is 11.1 Å². The van der Waals surface area contributed by atoms with Gasteiger partial charge in [0.2, 0.25) is 5.91 Å². The molecule has 3 rings (SSSR count). The van der Waals surface area contributed by atoms with Crippen molar-refractivity contribution in [2.45, 2.75) is 6.92 Å². The topological polar surface area (TPSA) is 66.5 Å². The molecule has 1 aliphatic heterocycles. The maximum Gasteiger partial charge on any atom is 0.294 e. The van der Waals surface area contributed by atoms with Crippen LogP contribution < -0.4 is 5.32 Å². The first-order valence-electron chi connectivity index (χ1n) is 7.91. The number of rotatable bonds is 4. The highest BCUT2D eigenvalue weighted by Crippen LogP contribution is 2.34. The second-order valence-electron chi connectivity index (χ2n) is 5.82. The molecule has 0 bridgehead atoms. The van der Waals surface area contributed by atoms with E-state index >= 15 is 0 Å². The Morgan fingerprint density at radius 2 is 2.00 bits per heavy atom. The molecule has 0 atom stereocenters. The zero-order chi connectivity index (χ0) is 19.6. The minimum Gasteiger partial charge on any atom is -0.325 e. The van der Waals surface area contributed by atoms with Gasteiger partial charge in [-0.25, -0.2) is 4.39 Å². The second kappa shape index (κ2) is 7.94. The summed E-state index contributed by atoms with van der Waals surface area (Å²) in [7, 11) is 0.